The second-order valence-corrected chi connectivity index (χ2v) is 7.42. The zero-order valence-electron chi connectivity index (χ0n) is 13.5. The van der Waals surface area contributed by atoms with E-state index in [0.29, 0.717) is 29.1 Å². The van der Waals surface area contributed by atoms with Crippen molar-refractivity contribution in [2.45, 2.75) is 58.9 Å². The topological polar surface area (TPSA) is 81.2 Å². The van der Waals surface area contributed by atoms with Gasteiger partial charge in [0.05, 0.1) is 5.54 Å². The molecule has 1 aromatic rings. The molecule has 1 aromatic heterocycles. The normalized spacial score (nSPS) is 21.5. The summed E-state index contributed by atoms with van der Waals surface area (Å²) in [5.74, 6) is 0.534. The zero-order chi connectivity index (χ0) is 15.7. The molecule has 0 aromatic carbocycles. The van der Waals surface area contributed by atoms with Crippen LogP contribution in [0.1, 0.15) is 69.4 Å². The number of hydrogen-bond acceptors (Lipinski definition) is 4. The highest BCUT2D eigenvalue weighted by molar-refractivity contribution is 5.95. The molecule has 5 heteroatoms. The molecule has 1 heterocycles. The Bertz CT molecular complexity index is 500. The van der Waals surface area contributed by atoms with E-state index < -0.39 is 5.54 Å². The average molecular weight is 293 g/mol. The molecule has 21 heavy (non-hydrogen) atoms. The molecule has 0 aliphatic heterocycles. The van der Waals surface area contributed by atoms with Crippen LogP contribution in [0.2, 0.25) is 0 Å². The summed E-state index contributed by atoms with van der Waals surface area (Å²) in [4.78, 5) is 12.2. The Labute approximate surface area is 126 Å². The van der Waals surface area contributed by atoms with Crippen molar-refractivity contribution in [1.29, 1.82) is 0 Å². The van der Waals surface area contributed by atoms with Crippen LogP contribution in [-0.2, 0) is 5.54 Å². The fraction of sp³-hybridized carbons (Fsp3) is 0.750. The van der Waals surface area contributed by atoms with Crippen molar-refractivity contribution in [1.82, 2.24) is 10.5 Å². The van der Waals surface area contributed by atoms with Crippen LogP contribution in [-0.4, -0.2) is 17.6 Å². The van der Waals surface area contributed by atoms with Gasteiger partial charge in [-0.05, 0) is 44.4 Å². The Morgan fingerprint density at radius 2 is 2.29 bits per heavy atom. The van der Waals surface area contributed by atoms with Gasteiger partial charge in [-0.1, -0.05) is 25.4 Å². The Kier molecular flexibility index (Phi) is 4.42. The fourth-order valence-electron chi connectivity index (χ4n) is 3.25. The van der Waals surface area contributed by atoms with Crippen LogP contribution in [0.25, 0.3) is 0 Å². The number of hydrogen-bond donors (Lipinski definition) is 2. The molecule has 1 unspecified atom stereocenters. The fourth-order valence-corrected chi connectivity index (χ4v) is 3.25. The molecule has 0 radical (unpaired) electrons. The van der Waals surface area contributed by atoms with Crippen molar-refractivity contribution in [2.24, 2.45) is 17.1 Å². The average Bonchev–Trinajstić information content (AvgIpc) is 2.95. The second kappa shape index (κ2) is 5.79. The van der Waals surface area contributed by atoms with Crippen molar-refractivity contribution in [3.8, 4) is 0 Å². The Balaban J connectivity index is 1.90. The maximum Gasteiger partial charge on any atom is 0.256 e. The maximum atomic E-state index is 12.2. The summed E-state index contributed by atoms with van der Waals surface area (Å²) in [5.41, 5.74) is 6.65. The van der Waals surface area contributed by atoms with E-state index in [4.69, 9.17) is 10.3 Å². The lowest BCUT2D eigenvalue weighted by Crippen LogP contribution is -2.34. The summed E-state index contributed by atoms with van der Waals surface area (Å²) in [5, 5.41) is 6.82. The lowest BCUT2D eigenvalue weighted by atomic mass is 9.80. The molecular weight excluding hydrogens is 266 g/mol. The van der Waals surface area contributed by atoms with Gasteiger partial charge in [0.1, 0.15) is 17.5 Å². The molecule has 1 aliphatic rings. The predicted octanol–water partition coefficient (Wildman–Crippen LogP) is 2.81. The van der Waals surface area contributed by atoms with E-state index in [-0.39, 0.29) is 5.91 Å². The van der Waals surface area contributed by atoms with Crippen molar-refractivity contribution in [2.75, 3.05) is 6.54 Å². The lowest BCUT2D eigenvalue weighted by Gasteiger charge is -2.27. The third-order valence-corrected chi connectivity index (χ3v) is 4.68. The van der Waals surface area contributed by atoms with Crippen molar-refractivity contribution in [3.63, 3.8) is 0 Å². The molecule has 1 saturated carbocycles. The number of nitrogens with zero attached hydrogens (tertiary/aromatic N) is 1. The number of amides is 1. The molecule has 3 N–H and O–H groups in total. The molecule has 118 valence electrons. The predicted molar refractivity (Wildman–Crippen MR) is 81.8 cm³/mol. The summed E-state index contributed by atoms with van der Waals surface area (Å²) < 4.78 is 4.92. The van der Waals surface area contributed by atoms with E-state index in [2.05, 4.69) is 24.3 Å². The van der Waals surface area contributed by atoms with Gasteiger partial charge in [0.15, 0.2) is 0 Å². The van der Waals surface area contributed by atoms with Crippen LogP contribution < -0.4 is 11.1 Å². The van der Waals surface area contributed by atoms with E-state index in [9.17, 15) is 4.79 Å². The highest BCUT2D eigenvalue weighted by atomic mass is 16.5. The summed E-state index contributed by atoms with van der Waals surface area (Å²) in [6, 6.07) is 0. The molecule has 1 atom stereocenters. The zero-order valence-corrected chi connectivity index (χ0v) is 13.5. The van der Waals surface area contributed by atoms with Crippen LogP contribution in [0.5, 0.6) is 0 Å². The van der Waals surface area contributed by atoms with E-state index in [1.807, 2.05) is 13.8 Å². The number of rotatable bonds is 5. The number of carbonyl (C=O) groups is 1. The quantitative estimate of drug-likeness (QED) is 0.874. The van der Waals surface area contributed by atoms with Crippen LogP contribution >= 0.6 is 0 Å². The Morgan fingerprint density at radius 3 is 2.86 bits per heavy atom. The number of nitrogens with two attached hydrogens (primary N) is 1. The van der Waals surface area contributed by atoms with Crippen LogP contribution in [0.4, 0.5) is 0 Å². The molecule has 1 fully saturated rings. The van der Waals surface area contributed by atoms with E-state index >= 15 is 0 Å². The largest absolute Gasteiger partial charge is 0.364 e. The molecule has 1 amide bonds. The summed E-state index contributed by atoms with van der Waals surface area (Å²) >= 11 is 0. The highest BCUT2D eigenvalue weighted by Crippen LogP contribution is 2.44. The first-order valence-electron chi connectivity index (χ1n) is 7.74. The lowest BCUT2D eigenvalue weighted by molar-refractivity contribution is 0.0945. The summed E-state index contributed by atoms with van der Waals surface area (Å²) in [6.07, 6.45) is 6.23. The van der Waals surface area contributed by atoms with E-state index in [1.54, 1.807) is 0 Å². The van der Waals surface area contributed by atoms with Gasteiger partial charge in [-0.2, -0.15) is 0 Å². The standard InChI is InChI=1S/C16H27N3O2/c1-15(2)8-5-6-11(15)7-9-18-14(20)12-10-21-19-13(12)16(3,4)17/h10-11H,5-9,17H2,1-4H3,(H,18,20). The van der Waals surface area contributed by atoms with Crippen molar-refractivity contribution >= 4 is 5.91 Å². The SMILES string of the molecule is CC(C)(N)c1nocc1C(=O)NCCC1CCCC1(C)C. The van der Waals surface area contributed by atoms with Gasteiger partial charge < -0.3 is 15.6 Å². The highest BCUT2D eigenvalue weighted by Gasteiger charge is 2.34. The van der Waals surface area contributed by atoms with Gasteiger partial charge in [0.25, 0.3) is 5.91 Å². The van der Waals surface area contributed by atoms with Crippen LogP contribution in [0, 0.1) is 11.3 Å². The molecule has 0 saturated heterocycles. The molecule has 0 bridgehead atoms. The van der Waals surface area contributed by atoms with Gasteiger partial charge in [0, 0.05) is 6.54 Å². The first-order valence-corrected chi connectivity index (χ1v) is 7.74. The third kappa shape index (κ3) is 3.64. The number of carbonyl (C=O) groups excluding carboxylic acids is 1. The van der Waals surface area contributed by atoms with E-state index in [0.717, 1.165) is 6.42 Å². The van der Waals surface area contributed by atoms with Crippen LogP contribution in [0.3, 0.4) is 0 Å². The van der Waals surface area contributed by atoms with Gasteiger partial charge in [-0.15, -0.1) is 0 Å². The molecule has 1 aliphatic carbocycles. The minimum atomic E-state index is -0.687. The molecule has 5 nitrogen and oxygen atoms in total. The summed E-state index contributed by atoms with van der Waals surface area (Å²) in [7, 11) is 0. The van der Waals surface area contributed by atoms with Crippen molar-refractivity contribution in [3.05, 3.63) is 17.5 Å². The molecular formula is C16H27N3O2. The Hall–Kier alpha value is -1.36. The minimum Gasteiger partial charge on any atom is -0.364 e. The van der Waals surface area contributed by atoms with Crippen LogP contribution in [0.15, 0.2) is 10.8 Å². The number of nitrogens with one attached hydrogen (secondary N) is 1. The van der Waals surface area contributed by atoms with Crippen molar-refractivity contribution < 1.29 is 9.32 Å². The third-order valence-electron chi connectivity index (χ3n) is 4.68. The first-order chi connectivity index (χ1) is 9.72. The summed E-state index contributed by atoms with van der Waals surface area (Å²) in [6.45, 7) is 8.94. The molecule has 0 spiro atoms. The number of aromatic nitrogens is 1. The van der Waals surface area contributed by atoms with Gasteiger partial charge in [0.2, 0.25) is 0 Å². The van der Waals surface area contributed by atoms with Gasteiger partial charge >= 0.3 is 0 Å². The Morgan fingerprint density at radius 1 is 1.57 bits per heavy atom. The first kappa shape index (κ1) is 16.0. The minimum absolute atomic E-state index is 0.152. The maximum absolute atomic E-state index is 12.2. The second-order valence-electron chi connectivity index (χ2n) is 7.42. The van der Waals surface area contributed by atoms with Gasteiger partial charge in [-0.3, -0.25) is 4.79 Å². The van der Waals surface area contributed by atoms with E-state index in [1.165, 1.54) is 25.5 Å². The van der Waals surface area contributed by atoms with Gasteiger partial charge in [-0.25, -0.2) is 0 Å². The monoisotopic (exact) mass is 293 g/mol. The molecule has 2 rings (SSSR count). The smallest absolute Gasteiger partial charge is 0.256 e.